The summed E-state index contributed by atoms with van der Waals surface area (Å²) in [6.07, 6.45) is 5.32. The monoisotopic (exact) mass is 222 g/mol. The molecule has 1 atom stereocenters. The minimum Gasteiger partial charge on any atom is -0.383 e. The van der Waals surface area contributed by atoms with Crippen LogP contribution in [0, 0.1) is 6.92 Å². The van der Waals surface area contributed by atoms with Crippen LogP contribution >= 0.6 is 0 Å². The summed E-state index contributed by atoms with van der Waals surface area (Å²) in [5, 5.41) is 3.27. The SMILES string of the molecule is Cc1c(N)ncnc1NCC1CCCCO1. The van der Waals surface area contributed by atoms with Crippen molar-refractivity contribution >= 4 is 11.6 Å². The Morgan fingerprint density at radius 1 is 1.50 bits per heavy atom. The first kappa shape index (κ1) is 11.1. The van der Waals surface area contributed by atoms with Gasteiger partial charge in [0.15, 0.2) is 0 Å². The topological polar surface area (TPSA) is 73.1 Å². The molecule has 5 nitrogen and oxygen atoms in total. The average molecular weight is 222 g/mol. The van der Waals surface area contributed by atoms with Gasteiger partial charge in [-0.25, -0.2) is 9.97 Å². The molecule has 1 fully saturated rings. The van der Waals surface area contributed by atoms with Crippen LogP contribution in [0.2, 0.25) is 0 Å². The maximum atomic E-state index is 5.71. The van der Waals surface area contributed by atoms with Crippen LogP contribution in [0.3, 0.4) is 0 Å². The number of nitrogen functional groups attached to an aromatic ring is 1. The normalized spacial score (nSPS) is 20.7. The van der Waals surface area contributed by atoms with Crippen LogP contribution in [0.15, 0.2) is 6.33 Å². The molecule has 0 amide bonds. The van der Waals surface area contributed by atoms with Gasteiger partial charge in [-0.05, 0) is 26.2 Å². The first-order valence-corrected chi connectivity index (χ1v) is 5.70. The zero-order valence-corrected chi connectivity index (χ0v) is 9.57. The molecule has 2 rings (SSSR count). The molecule has 1 aromatic rings. The van der Waals surface area contributed by atoms with Crippen molar-refractivity contribution in [1.82, 2.24) is 9.97 Å². The van der Waals surface area contributed by atoms with E-state index in [4.69, 9.17) is 10.5 Å². The maximum Gasteiger partial charge on any atom is 0.134 e. The molecular formula is C11H18N4O. The Bertz CT molecular complexity index is 350. The van der Waals surface area contributed by atoms with Gasteiger partial charge >= 0.3 is 0 Å². The van der Waals surface area contributed by atoms with E-state index in [1.165, 1.54) is 19.2 Å². The van der Waals surface area contributed by atoms with Crippen molar-refractivity contribution < 1.29 is 4.74 Å². The Morgan fingerprint density at radius 3 is 3.12 bits per heavy atom. The van der Waals surface area contributed by atoms with Gasteiger partial charge in [0.1, 0.15) is 18.0 Å². The lowest BCUT2D eigenvalue weighted by atomic mass is 10.1. The predicted molar refractivity (Wildman–Crippen MR) is 63.3 cm³/mol. The largest absolute Gasteiger partial charge is 0.383 e. The van der Waals surface area contributed by atoms with Gasteiger partial charge in [-0.15, -0.1) is 0 Å². The van der Waals surface area contributed by atoms with Gasteiger partial charge in [0, 0.05) is 18.7 Å². The summed E-state index contributed by atoms with van der Waals surface area (Å²) in [4.78, 5) is 8.10. The van der Waals surface area contributed by atoms with E-state index in [-0.39, 0.29) is 0 Å². The number of anilines is 2. The molecule has 1 aliphatic rings. The molecule has 2 heterocycles. The van der Waals surface area contributed by atoms with Crippen LogP contribution in [0.5, 0.6) is 0 Å². The second-order valence-electron chi connectivity index (χ2n) is 4.10. The summed E-state index contributed by atoms with van der Waals surface area (Å²) < 4.78 is 5.63. The highest BCUT2D eigenvalue weighted by atomic mass is 16.5. The minimum absolute atomic E-state index is 0.296. The highest BCUT2D eigenvalue weighted by molar-refractivity contribution is 5.53. The highest BCUT2D eigenvalue weighted by Crippen LogP contribution is 2.17. The maximum absolute atomic E-state index is 5.71. The van der Waals surface area contributed by atoms with Crippen LogP contribution in [0.25, 0.3) is 0 Å². The predicted octanol–water partition coefficient (Wildman–Crippen LogP) is 1.35. The fourth-order valence-corrected chi connectivity index (χ4v) is 1.82. The van der Waals surface area contributed by atoms with Gasteiger partial charge in [-0.3, -0.25) is 0 Å². The van der Waals surface area contributed by atoms with E-state index in [1.807, 2.05) is 6.92 Å². The molecule has 3 N–H and O–H groups in total. The van der Waals surface area contributed by atoms with Crippen molar-refractivity contribution in [2.24, 2.45) is 0 Å². The first-order chi connectivity index (χ1) is 7.77. The third-order valence-corrected chi connectivity index (χ3v) is 2.89. The lowest BCUT2D eigenvalue weighted by molar-refractivity contribution is 0.0247. The second-order valence-corrected chi connectivity index (χ2v) is 4.10. The number of nitrogens with zero attached hydrogens (tertiary/aromatic N) is 2. The molecule has 0 aromatic carbocycles. The molecule has 88 valence electrons. The van der Waals surface area contributed by atoms with Gasteiger partial charge in [-0.2, -0.15) is 0 Å². The standard InChI is InChI=1S/C11H18N4O/c1-8-10(12)14-7-15-11(8)13-6-9-4-2-3-5-16-9/h7,9H,2-6H2,1H3,(H3,12,13,14,15). The number of nitrogens with one attached hydrogen (secondary N) is 1. The molecular weight excluding hydrogens is 204 g/mol. The van der Waals surface area contributed by atoms with Crippen LogP contribution in [-0.2, 0) is 4.74 Å². The van der Waals surface area contributed by atoms with Gasteiger partial charge < -0.3 is 15.8 Å². The zero-order valence-electron chi connectivity index (χ0n) is 9.57. The number of hydrogen-bond donors (Lipinski definition) is 2. The molecule has 1 aromatic heterocycles. The lowest BCUT2D eigenvalue weighted by Gasteiger charge is -2.23. The summed E-state index contributed by atoms with van der Waals surface area (Å²) in [5.74, 6) is 1.34. The summed E-state index contributed by atoms with van der Waals surface area (Å²) >= 11 is 0. The minimum atomic E-state index is 0.296. The molecule has 0 saturated carbocycles. The van der Waals surface area contributed by atoms with Crippen molar-refractivity contribution in [3.8, 4) is 0 Å². The average Bonchev–Trinajstić information content (AvgIpc) is 2.32. The summed E-state index contributed by atoms with van der Waals surface area (Å²) in [5.41, 5.74) is 6.61. The van der Waals surface area contributed by atoms with E-state index in [9.17, 15) is 0 Å². The van der Waals surface area contributed by atoms with Crippen molar-refractivity contribution in [2.45, 2.75) is 32.3 Å². The van der Waals surface area contributed by atoms with Gasteiger partial charge in [-0.1, -0.05) is 0 Å². The van der Waals surface area contributed by atoms with Crippen molar-refractivity contribution in [1.29, 1.82) is 0 Å². The molecule has 1 unspecified atom stereocenters. The third kappa shape index (κ3) is 2.61. The van der Waals surface area contributed by atoms with Crippen LogP contribution in [-0.4, -0.2) is 29.2 Å². The highest BCUT2D eigenvalue weighted by Gasteiger charge is 2.14. The summed E-state index contributed by atoms with van der Waals surface area (Å²) in [6, 6.07) is 0. The van der Waals surface area contributed by atoms with Crippen molar-refractivity contribution in [3.63, 3.8) is 0 Å². The lowest BCUT2D eigenvalue weighted by Crippen LogP contribution is -2.27. The Balaban J connectivity index is 1.91. The molecule has 1 saturated heterocycles. The summed E-state index contributed by atoms with van der Waals surface area (Å²) in [6.45, 7) is 3.58. The van der Waals surface area contributed by atoms with E-state index in [0.29, 0.717) is 11.9 Å². The van der Waals surface area contributed by atoms with E-state index in [0.717, 1.165) is 31.0 Å². The first-order valence-electron chi connectivity index (χ1n) is 5.70. The molecule has 16 heavy (non-hydrogen) atoms. The van der Waals surface area contributed by atoms with Crippen LogP contribution in [0.4, 0.5) is 11.6 Å². The summed E-state index contributed by atoms with van der Waals surface area (Å²) in [7, 11) is 0. The smallest absolute Gasteiger partial charge is 0.134 e. The quantitative estimate of drug-likeness (QED) is 0.807. The van der Waals surface area contributed by atoms with Crippen LogP contribution in [0.1, 0.15) is 24.8 Å². The molecule has 0 radical (unpaired) electrons. The molecule has 0 spiro atoms. The fourth-order valence-electron chi connectivity index (χ4n) is 1.82. The van der Waals surface area contributed by atoms with Gasteiger partial charge in [0.2, 0.25) is 0 Å². The fraction of sp³-hybridized carbons (Fsp3) is 0.636. The van der Waals surface area contributed by atoms with E-state index in [1.54, 1.807) is 0 Å². The molecule has 5 heteroatoms. The Kier molecular flexibility index (Phi) is 3.56. The van der Waals surface area contributed by atoms with Crippen molar-refractivity contribution in [3.05, 3.63) is 11.9 Å². The zero-order chi connectivity index (χ0) is 11.4. The molecule has 1 aliphatic heterocycles. The molecule has 0 aliphatic carbocycles. The van der Waals surface area contributed by atoms with Crippen LogP contribution < -0.4 is 11.1 Å². The second kappa shape index (κ2) is 5.12. The Morgan fingerprint density at radius 2 is 2.38 bits per heavy atom. The third-order valence-electron chi connectivity index (χ3n) is 2.89. The van der Waals surface area contributed by atoms with Gasteiger partial charge in [0.25, 0.3) is 0 Å². The number of ether oxygens (including phenoxy) is 1. The number of nitrogens with two attached hydrogens (primary N) is 1. The van der Waals surface area contributed by atoms with E-state index < -0.39 is 0 Å². The number of aromatic nitrogens is 2. The number of hydrogen-bond acceptors (Lipinski definition) is 5. The van der Waals surface area contributed by atoms with E-state index >= 15 is 0 Å². The van der Waals surface area contributed by atoms with Gasteiger partial charge in [0.05, 0.1) is 6.10 Å². The van der Waals surface area contributed by atoms with Crippen molar-refractivity contribution in [2.75, 3.05) is 24.2 Å². The number of rotatable bonds is 3. The Hall–Kier alpha value is -1.36. The Labute approximate surface area is 95.4 Å². The molecule has 0 bridgehead atoms. The van der Waals surface area contributed by atoms with E-state index in [2.05, 4.69) is 15.3 Å².